The molecule has 0 bridgehead atoms. The number of hydrogen-bond acceptors (Lipinski definition) is 3. The van der Waals surface area contributed by atoms with E-state index in [1.54, 1.807) is 6.20 Å². The summed E-state index contributed by atoms with van der Waals surface area (Å²) in [5.74, 6) is 1.38. The Morgan fingerprint density at radius 3 is 2.14 bits per heavy atom. The van der Waals surface area contributed by atoms with E-state index in [0.717, 1.165) is 18.6 Å². The van der Waals surface area contributed by atoms with Crippen molar-refractivity contribution in [2.75, 3.05) is 5.73 Å². The highest BCUT2D eigenvalue weighted by Gasteiger charge is 2.25. The van der Waals surface area contributed by atoms with Crippen molar-refractivity contribution in [3.05, 3.63) is 18.3 Å². The molecule has 126 valence electrons. The van der Waals surface area contributed by atoms with Crippen LogP contribution in [0.15, 0.2) is 18.3 Å². The fraction of sp³-hybridized carbons (Fsp3) is 0.737. The van der Waals surface area contributed by atoms with Gasteiger partial charge in [-0.1, -0.05) is 52.4 Å². The third-order valence-corrected chi connectivity index (χ3v) is 4.24. The van der Waals surface area contributed by atoms with Gasteiger partial charge in [-0.15, -0.1) is 0 Å². The SMILES string of the molecule is CCCCCCCC(C)(CCCCC)Oc1ccc(N)nc1. The highest BCUT2D eigenvalue weighted by Crippen LogP contribution is 2.28. The van der Waals surface area contributed by atoms with Crippen molar-refractivity contribution in [2.24, 2.45) is 0 Å². The molecular formula is C19H34N2O. The van der Waals surface area contributed by atoms with Gasteiger partial charge in [0.15, 0.2) is 0 Å². The summed E-state index contributed by atoms with van der Waals surface area (Å²) in [6.45, 7) is 6.75. The van der Waals surface area contributed by atoms with Crippen LogP contribution in [0.25, 0.3) is 0 Å². The summed E-state index contributed by atoms with van der Waals surface area (Å²) in [7, 11) is 0. The molecule has 0 aromatic carbocycles. The van der Waals surface area contributed by atoms with Gasteiger partial charge in [-0.2, -0.15) is 0 Å². The van der Waals surface area contributed by atoms with Crippen LogP contribution in [0.3, 0.4) is 0 Å². The lowest BCUT2D eigenvalue weighted by atomic mass is 9.91. The van der Waals surface area contributed by atoms with Crippen LogP contribution >= 0.6 is 0 Å². The molecule has 0 aliphatic heterocycles. The molecule has 1 atom stereocenters. The van der Waals surface area contributed by atoms with Crippen molar-refractivity contribution in [3.63, 3.8) is 0 Å². The first kappa shape index (κ1) is 18.8. The molecule has 22 heavy (non-hydrogen) atoms. The van der Waals surface area contributed by atoms with Crippen molar-refractivity contribution in [3.8, 4) is 5.75 Å². The Hall–Kier alpha value is -1.25. The van der Waals surface area contributed by atoms with Crippen molar-refractivity contribution < 1.29 is 4.74 Å². The standard InChI is InChI=1S/C19H34N2O/c1-4-6-8-9-11-15-19(3,14-10-7-5-2)22-17-12-13-18(20)21-16-17/h12-13,16H,4-11,14-15H2,1-3H3,(H2,20,21). The zero-order valence-corrected chi connectivity index (χ0v) is 14.7. The highest BCUT2D eigenvalue weighted by atomic mass is 16.5. The average Bonchev–Trinajstić information content (AvgIpc) is 2.50. The number of ether oxygens (including phenoxy) is 1. The number of pyridine rings is 1. The second-order valence-electron chi connectivity index (χ2n) is 6.59. The molecular weight excluding hydrogens is 272 g/mol. The molecule has 2 N–H and O–H groups in total. The fourth-order valence-electron chi connectivity index (χ4n) is 2.82. The van der Waals surface area contributed by atoms with Gasteiger partial charge in [0.25, 0.3) is 0 Å². The lowest BCUT2D eigenvalue weighted by Gasteiger charge is -2.31. The lowest BCUT2D eigenvalue weighted by molar-refractivity contribution is 0.0635. The number of nitrogens with two attached hydrogens (primary N) is 1. The summed E-state index contributed by atoms with van der Waals surface area (Å²) < 4.78 is 6.29. The lowest BCUT2D eigenvalue weighted by Crippen LogP contribution is -2.32. The molecule has 1 aromatic heterocycles. The van der Waals surface area contributed by atoms with Gasteiger partial charge >= 0.3 is 0 Å². The summed E-state index contributed by atoms with van der Waals surface area (Å²) in [5, 5.41) is 0. The zero-order chi connectivity index (χ0) is 16.3. The first-order valence-corrected chi connectivity index (χ1v) is 9.00. The molecule has 0 radical (unpaired) electrons. The van der Waals surface area contributed by atoms with Crippen LogP contribution in [0.2, 0.25) is 0 Å². The monoisotopic (exact) mass is 306 g/mol. The number of aromatic nitrogens is 1. The largest absolute Gasteiger partial charge is 0.486 e. The smallest absolute Gasteiger partial charge is 0.138 e. The van der Waals surface area contributed by atoms with Crippen LogP contribution in [0.1, 0.15) is 85.0 Å². The number of rotatable bonds is 12. The Morgan fingerprint density at radius 1 is 0.955 bits per heavy atom. The third kappa shape index (κ3) is 7.67. The van der Waals surface area contributed by atoms with E-state index in [-0.39, 0.29) is 5.60 Å². The molecule has 3 nitrogen and oxygen atoms in total. The van der Waals surface area contributed by atoms with Gasteiger partial charge in [-0.05, 0) is 44.7 Å². The van der Waals surface area contributed by atoms with Crippen LogP contribution in [0.5, 0.6) is 5.75 Å². The molecule has 1 aromatic rings. The molecule has 1 rings (SSSR count). The van der Waals surface area contributed by atoms with Crippen molar-refractivity contribution in [1.82, 2.24) is 4.98 Å². The number of nitrogen functional groups attached to an aromatic ring is 1. The van der Waals surface area contributed by atoms with Crippen LogP contribution < -0.4 is 10.5 Å². The Balaban J connectivity index is 2.54. The molecule has 3 heteroatoms. The van der Waals surface area contributed by atoms with Gasteiger partial charge < -0.3 is 10.5 Å². The Kier molecular flexibility index (Phi) is 8.95. The van der Waals surface area contributed by atoms with E-state index in [1.807, 2.05) is 12.1 Å². The van der Waals surface area contributed by atoms with Gasteiger partial charge in [-0.3, -0.25) is 0 Å². The van der Waals surface area contributed by atoms with Crippen molar-refractivity contribution in [2.45, 2.75) is 90.6 Å². The minimum atomic E-state index is -0.0841. The second kappa shape index (κ2) is 10.5. The summed E-state index contributed by atoms with van der Waals surface area (Å²) in [6, 6.07) is 3.74. The topological polar surface area (TPSA) is 48.1 Å². The maximum atomic E-state index is 6.29. The van der Waals surface area contributed by atoms with E-state index < -0.39 is 0 Å². The predicted molar refractivity (Wildman–Crippen MR) is 95.2 cm³/mol. The quantitative estimate of drug-likeness (QED) is 0.501. The molecule has 0 fully saturated rings. The number of nitrogens with zero attached hydrogens (tertiary/aromatic N) is 1. The maximum Gasteiger partial charge on any atom is 0.138 e. The van der Waals surface area contributed by atoms with Crippen LogP contribution in [0, 0.1) is 0 Å². The second-order valence-corrected chi connectivity index (χ2v) is 6.59. The molecule has 0 saturated carbocycles. The highest BCUT2D eigenvalue weighted by molar-refractivity contribution is 5.32. The maximum absolute atomic E-state index is 6.29. The number of unbranched alkanes of at least 4 members (excludes halogenated alkanes) is 6. The Labute approximate surface area is 136 Å². The molecule has 1 heterocycles. The average molecular weight is 306 g/mol. The first-order valence-electron chi connectivity index (χ1n) is 9.00. The third-order valence-electron chi connectivity index (χ3n) is 4.24. The van der Waals surface area contributed by atoms with Crippen LogP contribution in [-0.2, 0) is 0 Å². The summed E-state index contributed by atoms with van der Waals surface area (Å²) in [4.78, 5) is 4.13. The van der Waals surface area contributed by atoms with E-state index in [1.165, 1.54) is 51.4 Å². The normalized spacial score (nSPS) is 13.8. The minimum absolute atomic E-state index is 0.0841. The molecule has 0 amide bonds. The van der Waals surface area contributed by atoms with Crippen molar-refractivity contribution >= 4 is 5.82 Å². The first-order chi connectivity index (χ1) is 10.6. The molecule has 0 aliphatic carbocycles. The van der Waals surface area contributed by atoms with Gasteiger partial charge in [0.05, 0.1) is 6.20 Å². The van der Waals surface area contributed by atoms with Gasteiger partial charge in [0.1, 0.15) is 17.2 Å². The number of hydrogen-bond donors (Lipinski definition) is 1. The molecule has 0 saturated heterocycles. The summed E-state index contributed by atoms with van der Waals surface area (Å²) >= 11 is 0. The van der Waals surface area contributed by atoms with Crippen LogP contribution in [-0.4, -0.2) is 10.6 Å². The molecule has 1 unspecified atom stereocenters. The Bertz CT molecular complexity index is 391. The zero-order valence-electron chi connectivity index (χ0n) is 14.7. The van der Waals surface area contributed by atoms with Crippen molar-refractivity contribution in [1.29, 1.82) is 0 Å². The minimum Gasteiger partial charge on any atom is -0.486 e. The van der Waals surface area contributed by atoms with Gasteiger partial charge in [0, 0.05) is 0 Å². The fourth-order valence-corrected chi connectivity index (χ4v) is 2.82. The predicted octanol–water partition coefficient (Wildman–Crippen LogP) is 5.74. The van der Waals surface area contributed by atoms with E-state index in [9.17, 15) is 0 Å². The van der Waals surface area contributed by atoms with Gasteiger partial charge in [0.2, 0.25) is 0 Å². The number of anilines is 1. The van der Waals surface area contributed by atoms with E-state index in [2.05, 4.69) is 25.8 Å². The van der Waals surface area contributed by atoms with Gasteiger partial charge in [-0.25, -0.2) is 4.98 Å². The summed E-state index contributed by atoms with van der Waals surface area (Å²) in [5.41, 5.74) is 5.56. The summed E-state index contributed by atoms with van der Waals surface area (Å²) in [6.07, 6.45) is 14.2. The Morgan fingerprint density at radius 2 is 1.55 bits per heavy atom. The van der Waals surface area contributed by atoms with E-state index >= 15 is 0 Å². The van der Waals surface area contributed by atoms with Crippen LogP contribution in [0.4, 0.5) is 5.82 Å². The molecule has 0 aliphatic rings. The molecule has 0 spiro atoms. The van der Waals surface area contributed by atoms with E-state index in [0.29, 0.717) is 5.82 Å². The van der Waals surface area contributed by atoms with E-state index in [4.69, 9.17) is 10.5 Å².